The molecule has 1 aliphatic heterocycles. The molecule has 2 aromatic rings. The maximum atomic E-state index is 13.0. The van der Waals surface area contributed by atoms with E-state index in [1.165, 1.54) is 5.56 Å². The van der Waals surface area contributed by atoms with Crippen LogP contribution in [-0.2, 0) is 11.3 Å². The Labute approximate surface area is 185 Å². The summed E-state index contributed by atoms with van der Waals surface area (Å²) in [6, 6.07) is 12.1. The van der Waals surface area contributed by atoms with Crippen LogP contribution in [0.3, 0.4) is 0 Å². The van der Waals surface area contributed by atoms with Crippen molar-refractivity contribution >= 4 is 17.6 Å². The van der Waals surface area contributed by atoms with Gasteiger partial charge in [-0.3, -0.25) is 14.5 Å². The normalized spacial score (nSPS) is 16.6. The fourth-order valence-corrected chi connectivity index (χ4v) is 4.04. The van der Waals surface area contributed by atoms with Crippen LogP contribution in [0.4, 0.5) is 5.82 Å². The van der Waals surface area contributed by atoms with Crippen molar-refractivity contribution in [2.75, 3.05) is 25.0 Å². The van der Waals surface area contributed by atoms with Crippen LogP contribution in [-0.4, -0.2) is 52.3 Å². The molecule has 1 aromatic carbocycles. The maximum Gasteiger partial charge on any atom is 0.253 e. The molecular formula is C25H34N4O2. The van der Waals surface area contributed by atoms with Crippen molar-refractivity contribution in [3.8, 4) is 0 Å². The van der Waals surface area contributed by atoms with Gasteiger partial charge in [0, 0.05) is 37.4 Å². The molecule has 31 heavy (non-hydrogen) atoms. The zero-order valence-electron chi connectivity index (χ0n) is 19.1. The number of likely N-dealkylation sites (tertiary alicyclic amines) is 1. The molecule has 0 radical (unpaired) electrons. The summed E-state index contributed by atoms with van der Waals surface area (Å²) >= 11 is 0. The molecule has 2 amide bonds. The van der Waals surface area contributed by atoms with Crippen LogP contribution >= 0.6 is 0 Å². The van der Waals surface area contributed by atoms with Gasteiger partial charge in [0.05, 0.1) is 5.92 Å². The number of nitrogens with one attached hydrogen (secondary N) is 1. The van der Waals surface area contributed by atoms with Crippen molar-refractivity contribution in [1.82, 2.24) is 14.8 Å². The molecule has 1 unspecified atom stereocenters. The second-order valence-electron chi connectivity index (χ2n) is 8.60. The number of carbonyl (C=O) groups is 2. The fourth-order valence-electron chi connectivity index (χ4n) is 4.04. The monoisotopic (exact) mass is 422 g/mol. The molecule has 1 aliphatic rings. The van der Waals surface area contributed by atoms with E-state index in [-0.39, 0.29) is 17.7 Å². The zero-order chi connectivity index (χ0) is 22.4. The molecule has 1 fully saturated rings. The summed E-state index contributed by atoms with van der Waals surface area (Å²) in [6.07, 6.45) is 3.27. The van der Waals surface area contributed by atoms with Gasteiger partial charge < -0.3 is 10.2 Å². The first-order chi connectivity index (χ1) is 14.9. The first-order valence-electron chi connectivity index (χ1n) is 11.2. The standard InChI is InChI=1S/C25H34N4O2/c1-5-28(18(2)3)16-20-10-12-21(13-11-20)25(31)29-15-7-9-22(17-29)24(30)27-23-19(4)8-6-14-26-23/h6,8,10-14,18,22H,5,7,9,15-17H2,1-4H3,(H,26,27,30). The molecule has 1 saturated heterocycles. The Balaban J connectivity index is 1.61. The quantitative estimate of drug-likeness (QED) is 0.729. The van der Waals surface area contributed by atoms with Crippen LogP contribution in [0.2, 0.25) is 0 Å². The second-order valence-corrected chi connectivity index (χ2v) is 8.60. The highest BCUT2D eigenvalue weighted by molar-refractivity contribution is 5.96. The lowest BCUT2D eigenvalue weighted by molar-refractivity contribution is -0.121. The zero-order valence-corrected chi connectivity index (χ0v) is 19.1. The minimum Gasteiger partial charge on any atom is -0.338 e. The third kappa shape index (κ3) is 5.91. The average molecular weight is 423 g/mol. The van der Waals surface area contributed by atoms with Gasteiger partial charge in [-0.15, -0.1) is 0 Å². The van der Waals surface area contributed by atoms with E-state index in [1.807, 2.05) is 43.3 Å². The minimum atomic E-state index is -0.220. The number of anilines is 1. The predicted molar refractivity (Wildman–Crippen MR) is 124 cm³/mol. The fraction of sp³-hybridized carbons (Fsp3) is 0.480. The average Bonchev–Trinajstić information content (AvgIpc) is 2.78. The van der Waals surface area contributed by atoms with Crippen LogP contribution in [0, 0.1) is 12.8 Å². The first-order valence-corrected chi connectivity index (χ1v) is 11.2. The Kier molecular flexibility index (Phi) is 7.80. The molecular weight excluding hydrogens is 388 g/mol. The van der Waals surface area contributed by atoms with Gasteiger partial charge in [-0.2, -0.15) is 0 Å². The van der Waals surface area contributed by atoms with Crippen LogP contribution in [0.15, 0.2) is 42.6 Å². The van der Waals surface area contributed by atoms with Gasteiger partial charge >= 0.3 is 0 Å². The molecule has 1 N–H and O–H groups in total. The molecule has 166 valence electrons. The molecule has 6 heteroatoms. The smallest absolute Gasteiger partial charge is 0.253 e. The summed E-state index contributed by atoms with van der Waals surface area (Å²) in [4.78, 5) is 34.2. The lowest BCUT2D eigenvalue weighted by Crippen LogP contribution is -2.43. The van der Waals surface area contributed by atoms with E-state index >= 15 is 0 Å². The Morgan fingerprint density at radius 3 is 2.61 bits per heavy atom. The predicted octanol–water partition coefficient (Wildman–Crippen LogP) is 4.11. The van der Waals surface area contributed by atoms with Gasteiger partial charge in [0.15, 0.2) is 0 Å². The number of amides is 2. The number of rotatable bonds is 7. The van der Waals surface area contributed by atoms with Gasteiger partial charge in [0.25, 0.3) is 5.91 Å². The highest BCUT2D eigenvalue weighted by Crippen LogP contribution is 2.21. The van der Waals surface area contributed by atoms with E-state index in [0.29, 0.717) is 30.5 Å². The number of carbonyl (C=O) groups excluding carboxylic acids is 2. The van der Waals surface area contributed by atoms with Crippen molar-refractivity contribution in [2.45, 2.75) is 53.1 Å². The molecule has 2 heterocycles. The minimum absolute atomic E-state index is 0.00530. The lowest BCUT2D eigenvalue weighted by Gasteiger charge is -2.32. The van der Waals surface area contributed by atoms with Gasteiger partial charge in [-0.05, 0) is 69.5 Å². The van der Waals surface area contributed by atoms with Crippen LogP contribution < -0.4 is 5.32 Å². The highest BCUT2D eigenvalue weighted by Gasteiger charge is 2.29. The molecule has 6 nitrogen and oxygen atoms in total. The van der Waals surface area contributed by atoms with E-state index in [9.17, 15) is 9.59 Å². The van der Waals surface area contributed by atoms with Gasteiger partial charge in [-0.1, -0.05) is 25.1 Å². The SMILES string of the molecule is CCN(Cc1ccc(C(=O)N2CCCC(C(=O)Nc3ncccc3C)C2)cc1)C(C)C. The molecule has 0 aliphatic carbocycles. The largest absolute Gasteiger partial charge is 0.338 e. The first kappa shape index (κ1) is 22.9. The van der Waals surface area contributed by atoms with Gasteiger partial charge in [0.1, 0.15) is 5.82 Å². The summed E-state index contributed by atoms with van der Waals surface area (Å²) in [7, 11) is 0. The number of hydrogen-bond acceptors (Lipinski definition) is 4. The van der Waals surface area contributed by atoms with E-state index in [4.69, 9.17) is 0 Å². The van der Waals surface area contributed by atoms with E-state index in [1.54, 1.807) is 11.1 Å². The number of piperidine rings is 1. The van der Waals surface area contributed by atoms with E-state index in [2.05, 4.69) is 36.0 Å². The third-order valence-electron chi connectivity index (χ3n) is 6.05. The number of aryl methyl sites for hydroxylation is 1. The number of pyridine rings is 1. The van der Waals surface area contributed by atoms with Crippen LogP contribution in [0.1, 0.15) is 55.1 Å². The number of benzene rings is 1. The van der Waals surface area contributed by atoms with Gasteiger partial charge in [0.2, 0.25) is 5.91 Å². The molecule has 1 atom stereocenters. The summed E-state index contributed by atoms with van der Waals surface area (Å²) < 4.78 is 0. The topological polar surface area (TPSA) is 65.5 Å². The molecule has 3 rings (SSSR count). The Bertz CT molecular complexity index is 895. The maximum absolute atomic E-state index is 13.0. The number of hydrogen-bond donors (Lipinski definition) is 1. The van der Waals surface area contributed by atoms with Crippen molar-refractivity contribution in [1.29, 1.82) is 0 Å². The Morgan fingerprint density at radius 1 is 1.23 bits per heavy atom. The lowest BCUT2D eigenvalue weighted by atomic mass is 9.96. The van der Waals surface area contributed by atoms with Crippen molar-refractivity contribution in [3.05, 3.63) is 59.3 Å². The molecule has 0 saturated carbocycles. The second kappa shape index (κ2) is 10.5. The van der Waals surface area contributed by atoms with Crippen molar-refractivity contribution in [2.24, 2.45) is 5.92 Å². The molecule has 0 bridgehead atoms. The highest BCUT2D eigenvalue weighted by atomic mass is 16.2. The van der Waals surface area contributed by atoms with Gasteiger partial charge in [-0.25, -0.2) is 4.98 Å². The Morgan fingerprint density at radius 2 is 1.97 bits per heavy atom. The molecule has 0 spiro atoms. The number of nitrogens with zero attached hydrogens (tertiary/aromatic N) is 3. The van der Waals surface area contributed by atoms with Crippen LogP contribution in [0.5, 0.6) is 0 Å². The van der Waals surface area contributed by atoms with Crippen LogP contribution in [0.25, 0.3) is 0 Å². The summed E-state index contributed by atoms with van der Waals surface area (Å²) in [6.45, 7) is 11.5. The number of aromatic nitrogens is 1. The van der Waals surface area contributed by atoms with E-state index in [0.717, 1.165) is 31.5 Å². The van der Waals surface area contributed by atoms with Crippen molar-refractivity contribution < 1.29 is 9.59 Å². The summed E-state index contributed by atoms with van der Waals surface area (Å²) in [5.74, 6) is 0.300. The summed E-state index contributed by atoms with van der Waals surface area (Å²) in [5.41, 5.74) is 2.81. The van der Waals surface area contributed by atoms with Crippen molar-refractivity contribution in [3.63, 3.8) is 0 Å². The van der Waals surface area contributed by atoms with E-state index < -0.39 is 0 Å². The molecule has 1 aromatic heterocycles. The summed E-state index contributed by atoms with van der Waals surface area (Å²) in [5, 5.41) is 2.93. The Hall–Kier alpha value is -2.73. The third-order valence-corrected chi connectivity index (χ3v) is 6.05.